The lowest BCUT2D eigenvalue weighted by molar-refractivity contribution is 0.0744. The van der Waals surface area contributed by atoms with E-state index in [2.05, 4.69) is 65.1 Å². The largest absolute Gasteiger partial charge is 0.338 e. The number of urea groups is 1. The second kappa shape index (κ2) is 13.8. The molecular weight excluding hydrogens is 431 g/mol. The van der Waals surface area contributed by atoms with Crippen LogP contribution < -0.4 is 10.4 Å². The zero-order chi connectivity index (χ0) is 24.4. The van der Waals surface area contributed by atoms with E-state index in [9.17, 15) is 4.79 Å². The van der Waals surface area contributed by atoms with Gasteiger partial charge in [0.25, 0.3) is 0 Å². The fraction of sp³-hybridized carbons (Fsp3) is 0.963. The van der Waals surface area contributed by atoms with Crippen LogP contribution in [-0.4, -0.2) is 41.2 Å². The van der Waals surface area contributed by atoms with Gasteiger partial charge in [0.05, 0.1) is 0 Å². The lowest BCUT2D eigenvalue weighted by atomic mass is 9.62. The normalized spacial score (nSPS) is 25.5. The quantitative estimate of drug-likeness (QED) is 0.237. The summed E-state index contributed by atoms with van der Waals surface area (Å²) >= 11 is 0. The Bertz CT molecular complexity index is 558. The first-order valence-electron chi connectivity index (χ1n) is 13.5. The Morgan fingerprint density at radius 2 is 1.88 bits per heavy atom. The number of nitrogens with one attached hydrogen (secondary N) is 2. The molecule has 0 bridgehead atoms. The molecule has 1 saturated carbocycles. The molecular formula is C27H57N2OPS. The molecule has 2 amide bonds. The molecule has 0 spiro atoms. The van der Waals surface area contributed by atoms with Gasteiger partial charge in [-0.05, 0) is 93.2 Å². The van der Waals surface area contributed by atoms with Crippen molar-refractivity contribution in [3.05, 3.63) is 0 Å². The van der Waals surface area contributed by atoms with Crippen LogP contribution in [0.25, 0.3) is 0 Å². The summed E-state index contributed by atoms with van der Waals surface area (Å²) in [6, 6.07) is -0.00417. The molecule has 192 valence electrons. The zero-order valence-electron chi connectivity index (χ0n) is 23.0. The summed E-state index contributed by atoms with van der Waals surface area (Å²) in [5.41, 5.74) is 0.499. The molecule has 1 rings (SSSR count). The third kappa shape index (κ3) is 7.79. The third-order valence-corrected chi connectivity index (χ3v) is 15.3. The topological polar surface area (TPSA) is 41.1 Å². The molecule has 0 saturated heterocycles. The van der Waals surface area contributed by atoms with Crippen molar-refractivity contribution in [1.29, 1.82) is 0 Å². The van der Waals surface area contributed by atoms with Gasteiger partial charge in [0.1, 0.15) is 0 Å². The highest BCUT2D eigenvalue weighted by Crippen LogP contribution is 2.65. The fourth-order valence-corrected chi connectivity index (χ4v) is 11.7. The van der Waals surface area contributed by atoms with Gasteiger partial charge in [-0.2, -0.15) is 0 Å². The first-order valence-corrected chi connectivity index (χ1v) is 17.2. The van der Waals surface area contributed by atoms with Crippen molar-refractivity contribution in [2.24, 2.45) is 17.3 Å². The Morgan fingerprint density at radius 1 is 1.19 bits per heavy atom. The average Bonchev–Trinajstić information content (AvgIpc) is 2.72. The van der Waals surface area contributed by atoms with E-state index in [4.69, 9.17) is 0 Å². The number of hydrogen-bond donors (Lipinski definition) is 2. The van der Waals surface area contributed by atoms with Crippen LogP contribution in [0.15, 0.2) is 0 Å². The smallest absolute Gasteiger partial charge is 0.317 e. The van der Waals surface area contributed by atoms with Crippen molar-refractivity contribution >= 4 is 24.8 Å². The van der Waals surface area contributed by atoms with Crippen LogP contribution in [0.5, 0.6) is 0 Å². The molecule has 6 atom stereocenters. The minimum Gasteiger partial charge on any atom is -0.338 e. The van der Waals surface area contributed by atoms with E-state index in [-0.39, 0.29) is 6.03 Å². The molecule has 32 heavy (non-hydrogen) atoms. The summed E-state index contributed by atoms with van der Waals surface area (Å²) in [6.45, 7) is 20.2. The number of hydrogen-bond acceptors (Lipinski definition) is 1. The van der Waals surface area contributed by atoms with Crippen molar-refractivity contribution < 1.29 is 4.79 Å². The van der Waals surface area contributed by atoms with Gasteiger partial charge in [-0.15, -0.1) is 0 Å². The molecule has 0 aromatic heterocycles. The van der Waals surface area contributed by atoms with Crippen molar-refractivity contribution in [3.63, 3.8) is 0 Å². The van der Waals surface area contributed by atoms with Gasteiger partial charge in [0.15, 0.2) is 0 Å². The maximum atomic E-state index is 12.0. The van der Waals surface area contributed by atoms with Crippen LogP contribution in [0.1, 0.15) is 113 Å². The molecule has 1 aliphatic carbocycles. The Labute approximate surface area is 205 Å². The summed E-state index contributed by atoms with van der Waals surface area (Å²) in [5, 5.41) is 6.82. The molecule has 0 aromatic carbocycles. The maximum Gasteiger partial charge on any atom is 0.317 e. The summed E-state index contributed by atoms with van der Waals surface area (Å²) in [6.07, 6.45) is 15.9. The first kappa shape index (κ1) is 30.1. The van der Waals surface area contributed by atoms with Gasteiger partial charge in [0, 0.05) is 6.54 Å². The minimum absolute atomic E-state index is 0.00417. The van der Waals surface area contributed by atoms with Crippen LogP contribution >= 0.6 is 18.8 Å². The number of carbonyl (C=O) groups excluding carboxylic acids is 1. The maximum absolute atomic E-state index is 12.0. The van der Waals surface area contributed by atoms with Gasteiger partial charge in [-0.3, -0.25) is 0 Å². The molecule has 0 heterocycles. The molecule has 1 aliphatic rings. The van der Waals surface area contributed by atoms with E-state index >= 15 is 0 Å². The van der Waals surface area contributed by atoms with Crippen LogP contribution in [0, 0.1) is 17.3 Å². The monoisotopic (exact) mass is 488 g/mol. The molecule has 5 unspecified atom stereocenters. The predicted molar refractivity (Wildman–Crippen MR) is 151 cm³/mol. The van der Waals surface area contributed by atoms with Gasteiger partial charge < -0.3 is 10.4 Å². The molecule has 3 nitrogen and oxygen atoms in total. The molecule has 2 N–H and O–H groups in total. The Hall–Kier alpha value is 0.0500. The van der Waals surface area contributed by atoms with Gasteiger partial charge in [0.2, 0.25) is 0 Å². The number of rotatable bonds is 14. The van der Waals surface area contributed by atoms with E-state index in [1.165, 1.54) is 63.5 Å². The van der Waals surface area contributed by atoms with Crippen molar-refractivity contribution in [2.75, 3.05) is 25.2 Å². The Morgan fingerprint density at radius 3 is 2.41 bits per heavy atom. The number of carbonyl (C=O) groups is 1. The number of amides is 2. The van der Waals surface area contributed by atoms with Crippen molar-refractivity contribution in [3.8, 4) is 0 Å². The van der Waals surface area contributed by atoms with Crippen molar-refractivity contribution in [2.45, 2.75) is 123 Å². The second-order valence-corrected chi connectivity index (χ2v) is 16.8. The van der Waals surface area contributed by atoms with Crippen LogP contribution in [0.4, 0.5) is 4.79 Å². The van der Waals surface area contributed by atoms with Crippen LogP contribution in [-0.2, 0) is 0 Å². The van der Waals surface area contributed by atoms with Gasteiger partial charge >= 0.3 is 6.03 Å². The molecule has 0 aromatic rings. The molecule has 1 fully saturated rings. The predicted octanol–water partition coefficient (Wildman–Crippen LogP) is 8.32. The highest BCUT2D eigenvalue weighted by Gasteiger charge is 2.44. The van der Waals surface area contributed by atoms with E-state index in [1.54, 1.807) is 0 Å². The van der Waals surface area contributed by atoms with Crippen LogP contribution in [0.3, 0.4) is 0 Å². The summed E-state index contributed by atoms with van der Waals surface area (Å²) in [5.74, 6) is 3.09. The SMILES string of the molecule is CCCC(C)(CCNC(=O)NPC)S(C)(CCC)C(C)C[C@H](CC)C1CCCCC1(C)C. The van der Waals surface area contributed by atoms with Crippen molar-refractivity contribution in [1.82, 2.24) is 10.4 Å². The Kier molecular flexibility index (Phi) is 13.0. The van der Waals surface area contributed by atoms with Crippen LogP contribution in [0.2, 0.25) is 0 Å². The molecule has 0 radical (unpaired) electrons. The van der Waals surface area contributed by atoms with Gasteiger partial charge in [-0.1, -0.05) is 74.1 Å². The summed E-state index contributed by atoms with van der Waals surface area (Å²) < 4.78 is 0.319. The van der Waals surface area contributed by atoms with Gasteiger partial charge in [-0.25, -0.2) is 14.8 Å². The average molecular weight is 489 g/mol. The second-order valence-electron chi connectivity index (χ2n) is 11.5. The highest BCUT2D eigenvalue weighted by atomic mass is 32.3. The first-order chi connectivity index (χ1) is 15.0. The van der Waals surface area contributed by atoms with E-state index in [1.807, 2.05) is 6.66 Å². The Balaban J connectivity index is 3.06. The zero-order valence-corrected chi connectivity index (χ0v) is 24.9. The van der Waals surface area contributed by atoms with E-state index < -0.39 is 10.0 Å². The molecule has 0 aliphatic heterocycles. The molecule has 5 heteroatoms. The highest BCUT2D eigenvalue weighted by molar-refractivity contribution is 8.34. The summed E-state index contributed by atoms with van der Waals surface area (Å²) in [4.78, 5) is 12.0. The summed E-state index contributed by atoms with van der Waals surface area (Å²) in [7, 11) is -0.373. The van der Waals surface area contributed by atoms with E-state index in [0.29, 0.717) is 18.9 Å². The minimum atomic E-state index is -0.832. The lowest BCUT2D eigenvalue weighted by Crippen LogP contribution is -2.44. The fourth-order valence-electron chi connectivity index (χ4n) is 6.72. The third-order valence-electron chi connectivity index (χ3n) is 8.92. The lowest BCUT2D eigenvalue weighted by Gasteiger charge is -2.57. The standard InChI is InChI=1S/C27H57N2OPS/c1-10-16-27(7,18-19-28-25(30)29-31-8)32(9,20-11-2)22(4)21-23(12-3)24-15-13-14-17-26(24,5)6/h22-24,31H,10-21H2,1-9H3,(H2,28,29,30)/t22?,23-,24?,27?/m0/s1. The van der Waals surface area contributed by atoms with E-state index in [0.717, 1.165) is 30.1 Å².